The van der Waals surface area contributed by atoms with Crippen LogP contribution >= 0.6 is 15.9 Å². The molecule has 0 radical (unpaired) electrons. The van der Waals surface area contributed by atoms with E-state index in [1.54, 1.807) is 16.9 Å². The lowest BCUT2D eigenvalue weighted by molar-refractivity contribution is 0.169. The van der Waals surface area contributed by atoms with Crippen LogP contribution in [0.1, 0.15) is 30.3 Å². The topological polar surface area (TPSA) is 86.8 Å². The van der Waals surface area contributed by atoms with Crippen molar-refractivity contribution in [1.29, 1.82) is 5.26 Å². The third-order valence-electron chi connectivity index (χ3n) is 4.19. The van der Waals surface area contributed by atoms with Gasteiger partial charge in [0.2, 0.25) is 0 Å². The van der Waals surface area contributed by atoms with Gasteiger partial charge in [-0.3, -0.25) is 4.98 Å². The summed E-state index contributed by atoms with van der Waals surface area (Å²) in [7, 11) is 0. The predicted molar refractivity (Wildman–Crippen MR) is 108 cm³/mol. The van der Waals surface area contributed by atoms with Crippen LogP contribution in [0.2, 0.25) is 0 Å². The Morgan fingerprint density at radius 3 is 2.81 bits per heavy atom. The molecule has 2 aromatic heterocycles. The van der Waals surface area contributed by atoms with E-state index in [2.05, 4.69) is 37.4 Å². The second-order valence-corrected chi connectivity index (χ2v) is 7.20. The van der Waals surface area contributed by atoms with Gasteiger partial charge in [-0.25, -0.2) is 4.68 Å². The zero-order valence-corrected chi connectivity index (χ0v) is 16.7. The Balaban J connectivity index is 2.00. The van der Waals surface area contributed by atoms with E-state index in [4.69, 9.17) is 0 Å². The average molecular weight is 426 g/mol. The van der Waals surface area contributed by atoms with E-state index in [-0.39, 0.29) is 0 Å². The number of aromatic nitrogens is 3. The number of benzene rings is 1. The first-order valence-corrected chi connectivity index (χ1v) is 9.46. The van der Waals surface area contributed by atoms with Gasteiger partial charge in [0, 0.05) is 34.5 Å². The number of aliphatic hydroxyl groups is 1. The number of nitriles is 1. The van der Waals surface area contributed by atoms with Gasteiger partial charge in [-0.1, -0.05) is 22.9 Å². The highest BCUT2D eigenvalue weighted by Crippen LogP contribution is 2.25. The zero-order valence-electron chi connectivity index (χ0n) is 15.1. The third kappa shape index (κ3) is 4.54. The predicted octanol–water partition coefficient (Wildman–Crippen LogP) is 4.27. The minimum absolute atomic E-state index is 0.446. The van der Waals surface area contributed by atoms with Crippen LogP contribution in [0.25, 0.3) is 5.69 Å². The van der Waals surface area contributed by atoms with E-state index < -0.39 is 6.10 Å². The highest BCUT2D eigenvalue weighted by atomic mass is 79.9. The number of rotatable bonds is 6. The summed E-state index contributed by atoms with van der Waals surface area (Å²) >= 11 is 3.38. The molecule has 7 heteroatoms. The molecule has 2 heterocycles. The minimum atomic E-state index is -0.446. The number of nitrogens with zero attached hydrogens (tertiary/aromatic N) is 4. The maximum absolute atomic E-state index is 10.1. The highest BCUT2D eigenvalue weighted by Gasteiger charge is 2.14. The highest BCUT2D eigenvalue weighted by molar-refractivity contribution is 9.10. The number of hydrogen-bond donors (Lipinski definition) is 2. The van der Waals surface area contributed by atoms with Gasteiger partial charge in [-0.2, -0.15) is 5.26 Å². The molecule has 0 aliphatic carbocycles. The molecule has 138 valence electrons. The van der Waals surface area contributed by atoms with Crippen molar-refractivity contribution in [3.05, 3.63) is 64.0 Å². The summed E-state index contributed by atoms with van der Waals surface area (Å²) in [5.74, 6) is 0.613. The van der Waals surface area contributed by atoms with E-state index >= 15 is 0 Å². The SMILES string of the molecule is CCC(O)Cc1cc(Nc2ccc(Br)cc2C#N)nn1-c1ccnc(C)c1. The van der Waals surface area contributed by atoms with Crippen molar-refractivity contribution in [2.24, 2.45) is 0 Å². The fourth-order valence-corrected chi connectivity index (χ4v) is 3.11. The molecule has 1 aromatic carbocycles. The summed E-state index contributed by atoms with van der Waals surface area (Å²) in [5.41, 5.74) is 3.85. The molecule has 0 fully saturated rings. The van der Waals surface area contributed by atoms with Crippen LogP contribution in [-0.4, -0.2) is 26.0 Å². The van der Waals surface area contributed by atoms with Crippen LogP contribution in [-0.2, 0) is 6.42 Å². The van der Waals surface area contributed by atoms with Gasteiger partial charge < -0.3 is 10.4 Å². The molecule has 1 atom stereocenters. The Morgan fingerprint density at radius 1 is 1.30 bits per heavy atom. The van der Waals surface area contributed by atoms with Crippen molar-refractivity contribution >= 4 is 27.4 Å². The molecule has 2 N–H and O–H groups in total. The van der Waals surface area contributed by atoms with Gasteiger partial charge in [0.05, 0.1) is 23.0 Å². The summed E-state index contributed by atoms with van der Waals surface area (Å²) in [6, 6.07) is 13.4. The smallest absolute Gasteiger partial charge is 0.153 e. The lowest BCUT2D eigenvalue weighted by Gasteiger charge is -2.10. The number of aryl methyl sites for hydroxylation is 1. The number of hydrogen-bond acceptors (Lipinski definition) is 5. The second-order valence-electron chi connectivity index (χ2n) is 6.28. The monoisotopic (exact) mass is 425 g/mol. The summed E-state index contributed by atoms with van der Waals surface area (Å²) in [6.07, 6.45) is 2.44. The van der Waals surface area contributed by atoms with Gasteiger partial charge in [-0.15, -0.1) is 5.10 Å². The Bertz CT molecular complexity index is 992. The molecule has 3 rings (SSSR count). The van der Waals surface area contributed by atoms with Crippen LogP contribution in [0, 0.1) is 18.3 Å². The summed E-state index contributed by atoms with van der Waals surface area (Å²) < 4.78 is 2.65. The van der Waals surface area contributed by atoms with Gasteiger partial charge in [-0.05, 0) is 43.7 Å². The molecule has 1 unspecified atom stereocenters. The van der Waals surface area contributed by atoms with Crippen molar-refractivity contribution in [2.45, 2.75) is 32.8 Å². The van der Waals surface area contributed by atoms with E-state index in [0.29, 0.717) is 29.9 Å². The van der Waals surface area contributed by atoms with Crippen LogP contribution in [0.15, 0.2) is 47.1 Å². The van der Waals surface area contributed by atoms with E-state index in [1.807, 2.05) is 44.2 Å². The van der Waals surface area contributed by atoms with Crippen molar-refractivity contribution < 1.29 is 5.11 Å². The third-order valence-corrected chi connectivity index (χ3v) is 4.68. The first kappa shape index (κ1) is 19.1. The lowest BCUT2D eigenvalue weighted by atomic mass is 10.1. The zero-order chi connectivity index (χ0) is 19.4. The molecule has 27 heavy (non-hydrogen) atoms. The van der Waals surface area contributed by atoms with Gasteiger partial charge >= 0.3 is 0 Å². The van der Waals surface area contributed by atoms with Crippen molar-refractivity contribution in [2.75, 3.05) is 5.32 Å². The van der Waals surface area contributed by atoms with Gasteiger partial charge in [0.25, 0.3) is 0 Å². The first-order chi connectivity index (χ1) is 13.0. The van der Waals surface area contributed by atoms with Crippen molar-refractivity contribution in [3.63, 3.8) is 0 Å². The lowest BCUT2D eigenvalue weighted by Crippen LogP contribution is -2.12. The van der Waals surface area contributed by atoms with Crippen molar-refractivity contribution in [3.8, 4) is 11.8 Å². The summed E-state index contributed by atoms with van der Waals surface area (Å²) in [4.78, 5) is 4.23. The molecular weight excluding hydrogens is 406 g/mol. The second kappa shape index (κ2) is 8.33. The molecule has 0 saturated heterocycles. The Kier molecular flexibility index (Phi) is 5.89. The molecule has 0 aliphatic heterocycles. The summed E-state index contributed by atoms with van der Waals surface area (Å²) in [6.45, 7) is 3.87. The number of anilines is 2. The summed E-state index contributed by atoms with van der Waals surface area (Å²) in [5, 5.41) is 27.4. The molecule has 0 aliphatic rings. The maximum atomic E-state index is 10.1. The van der Waals surface area contributed by atoms with Crippen LogP contribution in [0.5, 0.6) is 0 Å². The molecule has 0 bridgehead atoms. The number of aliphatic hydroxyl groups excluding tert-OH is 1. The standard InChI is InChI=1S/C20H20BrN5O/c1-3-18(27)10-17-11-20(24-19-5-4-15(21)9-14(19)12-22)25-26(17)16-6-7-23-13(2)8-16/h4-9,11,18,27H,3,10H2,1-2H3,(H,24,25). The van der Waals surface area contributed by atoms with Crippen LogP contribution < -0.4 is 5.32 Å². The molecule has 0 amide bonds. The van der Waals surface area contributed by atoms with Crippen molar-refractivity contribution in [1.82, 2.24) is 14.8 Å². The van der Waals surface area contributed by atoms with E-state index in [0.717, 1.165) is 21.5 Å². The number of halogens is 1. The fourth-order valence-electron chi connectivity index (χ4n) is 2.75. The van der Waals surface area contributed by atoms with E-state index in [1.165, 1.54) is 0 Å². The molecule has 0 spiro atoms. The fraction of sp³-hybridized carbons (Fsp3) is 0.250. The molecule has 3 aromatic rings. The average Bonchev–Trinajstić information content (AvgIpc) is 3.05. The van der Waals surface area contributed by atoms with Crippen LogP contribution in [0.3, 0.4) is 0 Å². The van der Waals surface area contributed by atoms with Gasteiger partial charge in [0.1, 0.15) is 6.07 Å². The van der Waals surface area contributed by atoms with Gasteiger partial charge in [0.15, 0.2) is 5.82 Å². The van der Waals surface area contributed by atoms with Crippen LogP contribution in [0.4, 0.5) is 11.5 Å². The Hall–Kier alpha value is -2.69. The number of pyridine rings is 1. The minimum Gasteiger partial charge on any atom is -0.393 e. The largest absolute Gasteiger partial charge is 0.393 e. The quantitative estimate of drug-likeness (QED) is 0.615. The first-order valence-electron chi connectivity index (χ1n) is 8.67. The Labute approximate surface area is 166 Å². The normalized spacial score (nSPS) is 11.8. The van der Waals surface area contributed by atoms with E-state index in [9.17, 15) is 10.4 Å². The Morgan fingerprint density at radius 2 is 2.11 bits per heavy atom. The maximum Gasteiger partial charge on any atom is 0.153 e. The molecular formula is C20H20BrN5O. The molecule has 0 saturated carbocycles. The molecule has 6 nitrogen and oxygen atoms in total. The number of nitrogens with one attached hydrogen (secondary N) is 1.